The number of aryl methyl sites for hydroxylation is 2. The van der Waals surface area contributed by atoms with Crippen molar-refractivity contribution in [3.8, 4) is 0 Å². The Bertz CT molecular complexity index is 1050. The summed E-state index contributed by atoms with van der Waals surface area (Å²) >= 11 is 0. The molecule has 0 aliphatic heterocycles. The highest BCUT2D eigenvalue weighted by Gasteiger charge is 2.19. The highest BCUT2D eigenvalue weighted by Crippen LogP contribution is 2.24. The van der Waals surface area contributed by atoms with Crippen molar-refractivity contribution in [2.24, 2.45) is 0 Å². The van der Waals surface area contributed by atoms with Crippen molar-refractivity contribution in [2.75, 3.05) is 64.3 Å². The van der Waals surface area contributed by atoms with Crippen LogP contribution in [-0.2, 0) is 39.9 Å². The largest absolute Gasteiger partial charge is 0.481 e. The predicted octanol–water partition coefficient (Wildman–Crippen LogP) is 3.27. The van der Waals surface area contributed by atoms with Crippen LogP contribution in [0.15, 0.2) is 48.5 Å². The Balaban J connectivity index is 1.57. The molecule has 0 aliphatic rings. The number of carbonyl (C=O) groups is 3. The Kier molecular flexibility index (Phi) is 16.2. The molecular formula is C30H42N2O8. The maximum atomic E-state index is 13.2. The van der Waals surface area contributed by atoms with E-state index in [0.29, 0.717) is 59.3 Å². The Morgan fingerprint density at radius 2 is 1.25 bits per heavy atom. The van der Waals surface area contributed by atoms with Crippen molar-refractivity contribution in [3.63, 3.8) is 0 Å². The number of aliphatic carboxylic acids is 1. The molecule has 10 nitrogen and oxygen atoms in total. The smallest absolute Gasteiger partial charge is 0.305 e. The third-order valence-electron chi connectivity index (χ3n) is 6.01. The Morgan fingerprint density at radius 3 is 1.85 bits per heavy atom. The first-order chi connectivity index (χ1) is 19.4. The molecule has 0 radical (unpaired) electrons. The number of nitrogens with zero attached hydrogens (tertiary/aromatic N) is 1. The fourth-order valence-electron chi connectivity index (χ4n) is 3.76. The standard InChI is InChI=1S/C30H42N2O8/c1-24-7-3-5-9-26(24)23-32(27-10-6-4-8-25(27)2)29(34)12-11-28(33)31-14-16-38-18-20-40-22-21-39-19-17-37-15-13-30(35)36/h3-10H,11-23H2,1-2H3,(H,31,33)(H,35,36). The van der Waals surface area contributed by atoms with Crippen molar-refractivity contribution in [1.82, 2.24) is 5.32 Å². The number of carboxylic acids is 1. The van der Waals surface area contributed by atoms with Gasteiger partial charge in [0.2, 0.25) is 11.8 Å². The number of hydrogen-bond donors (Lipinski definition) is 2. The number of hydrogen-bond acceptors (Lipinski definition) is 7. The number of carboxylic acid groups (broad SMARTS) is 1. The van der Waals surface area contributed by atoms with Crippen LogP contribution in [0.5, 0.6) is 0 Å². The van der Waals surface area contributed by atoms with Gasteiger partial charge in [-0.3, -0.25) is 14.4 Å². The summed E-state index contributed by atoms with van der Waals surface area (Å²) in [5, 5.41) is 11.3. The lowest BCUT2D eigenvalue weighted by atomic mass is 10.1. The second kappa shape index (κ2) is 19.7. The molecule has 2 aromatic rings. The van der Waals surface area contributed by atoms with Crippen molar-refractivity contribution < 1.29 is 38.4 Å². The predicted molar refractivity (Wildman–Crippen MR) is 151 cm³/mol. The number of amides is 2. The number of anilines is 1. The summed E-state index contributed by atoms with van der Waals surface area (Å²) in [6, 6.07) is 15.8. The van der Waals surface area contributed by atoms with Gasteiger partial charge in [0.1, 0.15) is 0 Å². The summed E-state index contributed by atoms with van der Waals surface area (Å²) in [5.41, 5.74) is 4.03. The summed E-state index contributed by atoms with van der Waals surface area (Å²) < 4.78 is 21.3. The van der Waals surface area contributed by atoms with E-state index < -0.39 is 5.97 Å². The van der Waals surface area contributed by atoms with Crippen molar-refractivity contribution >= 4 is 23.5 Å². The highest BCUT2D eigenvalue weighted by molar-refractivity contribution is 5.96. The first-order valence-electron chi connectivity index (χ1n) is 13.6. The molecule has 40 heavy (non-hydrogen) atoms. The Morgan fingerprint density at radius 1 is 0.700 bits per heavy atom. The van der Waals surface area contributed by atoms with Crippen molar-refractivity contribution in [3.05, 3.63) is 65.2 Å². The topological polar surface area (TPSA) is 124 Å². The number of benzene rings is 2. The number of nitrogens with one attached hydrogen (secondary N) is 1. The molecule has 0 saturated carbocycles. The molecule has 2 aromatic carbocycles. The summed E-state index contributed by atoms with van der Waals surface area (Å²) in [4.78, 5) is 37.6. The van der Waals surface area contributed by atoms with Gasteiger partial charge in [0.25, 0.3) is 0 Å². The Labute approximate surface area is 236 Å². The van der Waals surface area contributed by atoms with Crippen molar-refractivity contribution in [2.45, 2.75) is 39.7 Å². The lowest BCUT2D eigenvalue weighted by Crippen LogP contribution is -2.33. The van der Waals surface area contributed by atoms with Gasteiger partial charge in [0.15, 0.2) is 0 Å². The molecule has 0 heterocycles. The zero-order valence-electron chi connectivity index (χ0n) is 23.6. The molecule has 0 fully saturated rings. The van der Waals surface area contributed by atoms with Crippen LogP contribution in [0.2, 0.25) is 0 Å². The summed E-state index contributed by atoms with van der Waals surface area (Å²) in [6.45, 7) is 7.64. The zero-order valence-corrected chi connectivity index (χ0v) is 23.6. The zero-order chi connectivity index (χ0) is 29.0. The van der Waals surface area contributed by atoms with E-state index in [1.807, 2.05) is 62.4 Å². The van der Waals surface area contributed by atoms with Crippen LogP contribution in [0.25, 0.3) is 0 Å². The molecule has 2 N–H and O–H groups in total. The van der Waals surface area contributed by atoms with Gasteiger partial charge >= 0.3 is 5.97 Å². The first kappa shape index (κ1) is 32.9. The van der Waals surface area contributed by atoms with Gasteiger partial charge in [-0.05, 0) is 36.6 Å². The van der Waals surface area contributed by atoms with Crippen LogP contribution in [0.4, 0.5) is 5.69 Å². The van der Waals surface area contributed by atoms with Crippen LogP contribution in [0.1, 0.15) is 36.0 Å². The lowest BCUT2D eigenvalue weighted by Gasteiger charge is -2.25. The van der Waals surface area contributed by atoms with E-state index in [-0.39, 0.29) is 37.7 Å². The highest BCUT2D eigenvalue weighted by atomic mass is 16.6. The van der Waals surface area contributed by atoms with Gasteiger partial charge in [-0.2, -0.15) is 0 Å². The maximum absolute atomic E-state index is 13.2. The minimum atomic E-state index is -0.888. The summed E-state index contributed by atoms with van der Waals surface area (Å²) in [5.74, 6) is -1.19. The Hall–Kier alpha value is -3.31. The monoisotopic (exact) mass is 558 g/mol. The number of para-hydroxylation sites is 1. The van der Waals surface area contributed by atoms with E-state index in [2.05, 4.69) is 5.32 Å². The van der Waals surface area contributed by atoms with Gasteiger partial charge < -0.3 is 34.3 Å². The average molecular weight is 559 g/mol. The molecule has 10 heteroatoms. The number of rotatable bonds is 21. The SMILES string of the molecule is Cc1ccccc1CN(C(=O)CCC(=O)NCCOCCOCCOCCOCCC(=O)O)c1ccccc1C. The fourth-order valence-corrected chi connectivity index (χ4v) is 3.76. The lowest BCUT2D eigenvalue weighted by molar-refractivity contribution is -0.138. The molecule has 220 valence electrons. The molecule has 0 saturated heterocycles. The van der Waals surface area contributed by atoms with Crippen LogP contribution in [0, 0.1) is 13.8 Å². The molecule has 0 atom stereocenters. The number of carbonyl (C=O) groups excluding carboxylic acids is 2. The summed E-state index contributed by atoms with van der Waals surface area (Å²) in [6.07, 6.45) is 0.189. The van der Waals surface area contributed by atoms with Gasteiger partial charge in [-0.15, -0.1) is 0 Å². The van der Waals surface area contributed by atoms with Crippen LogP contribution < -0.4 is 10.2 Å². The molecule has 0 spiro atoms. The molecule has 2 rings (SSSR count). The fraction of sp³-hybridized carbons (Fsp3) is 0.500. The van der Waals surface area contributed by atoms with Gasteiger partial charge in [-0.25, -0.2) is 0 Å². The van der Waals surface area contributed by atoms with E-state index in [9.17, 15) is 14.4 Å². The van der Waals surface area contributed by atoms with Crippen LogP contribution in [0.3, 0.4) is 0 Å². The minimum absolute atomic E-state index is 0.0192. The molecule has 0 bridgehead atoms. The van der Waals surface area contributed by atoms with E-state index in [4.69, 9.17) is 24.1 Å². The van der Waals surface area contributed by atoms with E-state index >= 15 is 0 Å². The molecule has 2 amide bonds. The van der Waals surface area contributed by atoms with Gasteiger partial charge in [0.05, 0.1) is 65.8 Å². The quantitative estimate of drug-likeness (QED) is 0.224. The van der Waals surface area contributed by atoms with Crippen molar-refractivity contribution in [1.29, 1.82) is 0 Å². The minimum Gasteiger partial charge on any atom is -0.481 e. The third-order valence-corrected chi connectivity index (χ3v) is 6.01. The molecule has 0 unspecified atom stereocenters. The van der Waals surface area contributed by atoms with Crippen LogP contribution >= 0.6 is 0 Å². The molecular weight excluding hydrogens is 516 g/mol. The van der Waals surface area contributed by atoms with Gasteiger partial charge in [0, 0.05) is 25.1 Å². The summed E-state index contributed by atoms with van der Waals surface area (Å²) in [7, 11) is 0. The normalized spacial score (nSPS) is 10.8. The van der Waals surface area contributed by atoms with E-state index in [1.165, 1.54) is 0 Å². The maximum Gasteiger partial charge on any atom is 0.305 e. The number of ether oxygens (including phenoxy) is 4. The van der Waals surface area contributed by atoms with Crippen LogP contribution in [-0.4, -0.2) is 82.3 Å². The van der Waals surface area contributed by atoms with Gasteiger partial charge in [-0.1, -0.05) is 42.5 Å². The third kappa shape index (κ3) is 13.7. The average Bonchev–Trinajstić information content (AvgIpc) is 2.93. The second-order valence-electron chi connectivity index (χ2n) is 9.14. The van der Waals surface area contributed by atoms with E-state index in [0.717, 1.165) is 22.4 Å². The second-order valence-corrected chi connectivity index (χ2v) is 9.14. The molecule has 0 aliphatic carbocycles. The first-order valence-corrected chi connectivity index (χ1v) is 13.6. The van der Waals surface area contributed by atoms with E-state index in [1.54, 1.807) is 4.90 Å². The molecule has 0 aromatic heterocycles.